The van der Waals surface area contributed by atoms with E-state index in [2.05, 4.69) is 36.3 Å². The zero-order valence-corrected chi connectivity index (χ0v) is 17.1. The van der Waals surface area contributed by atoms with Crippen LogP contribution in [0, 0.1) is 0 Å². The molecule has 0 aliphatic heterocycles. The molecule has 0 saturated carbocycles. The van der Waals surface area contributed by atoms with E-state index in [1.807, 2.05) is 55.6 Å². The predicted octanol–water partition coefficient (Wildman–Crippen LogP) is 3.95. The van der Waals surface area contributed by atoms with Crippen LogP contribution in [-0.2, 0) is 9.59 Å². The van der Waals surface area contributed by atoms with Crippen LogP contribution in [0.3, 0.4) is 0 Å². The highest BCUT2D eigenvalue weighted by atomic mass is 16.2. The van der Waals surface area contributed by atoms with Gasteiger partial charge in [0.2, 0.25) is 11.8 Å². The second kappa shape index (κ2) is 11.2. The van der Waals surface area contributed by atoms with Gasteiger partial charge in [0, 0.05) is 32.1 Å². The SMILES string of the molecule is CCCN(C)CC(c1ccccc1)N(C)C(=O)CCC(=O)Nc1ccccc1. The minimum Gasteiger partial charge on any atom is -0.337 e. The first-order valence-corrected chi connectivity index (χ1v) is 9.85. The fraction of sp³-hybridized carbons (Fsp3) is 0.391. The molecule has 2 aromatic rings. The van der Waals surface area contributed by atoms with Crippen molar-refractivity contribution >= 4 is 17.5 Å². The summed E-state index contributed by atoms with van der Waals surface area (Å²) in [7, 11) is 3.90. The van der Waals surface area contributed by atoms with Gasteiger partial charge in [-0.2, -0.15) is 0 Å². The van der Waals surface area contributed by atoms with Gasteiger partial charge in [0.15, 0.2) is 0 Å². The van der Waals surface area contributed by atoms with E-state index in [0.717, 1.165) is 30.8 Å². The summed E-state index contributed by atoms with van der Waals surface area (Å²) in [5.74, 6) is -0.172. The van der Waals surface area contributed by atoms with Crippen molar-refractivity contribution in [3.05, 3.63) is 66.2 Å². The zero-order chi connectivity index (χ0) is 20.4. The van der Waals surface area contributed by atoms with Gasteiger partial charge >= 0.3 is 0 Å². The second-order valence-electron chi connectivity index (χ2n) is 7.11. The van der Waals surface area contributed by atoms with Gasteiger partial charge in [0.25, 0.3) is 0 Å². The molecule has 0 bridgehead atoms. The van der Waals surface area contributed by atoms with Crippen molar-refractivity contribution in [2.24, 2.45) is 0 Å². The molecular weight excluding hydrogens is 350 g/mol. The first-order valence-electron chi connectivity index (χ1n) is 9.85. The van der Waals surface area contributed by atoms with Gasteiger partial charge in [-0.25, -0.2) is 0 Å². The molecule has 0 heterocycles. The Morgan fingerprint density at radius 3 is 2.14 bits per heavy atom. The van der Waals surface area contributed by atoms with Crippen LogP contribution in [0.15, 0.2) is 60.7 Å². The molecule has 5 nitrogen and oxygen atoms in total. The minimum absolute atomic E-state index is 0.0260. The molecule has 2 amide bonds. The number of nitrogens with one attached hydrogen (secondary N) is 1. The Labute approximate surface area is 168 Å². The third-order valence-corrected chi connectivity index (χ3v) is 4.76. The maximum atomic E-state index is 12.8. The lowest BCUT2D eigenvalue weighted by molar-refractivity contribution is -0.134. The van der Waals surface area contributed by atoms with Crippen molar-refractivity contribution in [1.29, 1.82) is 0 Å². The molecule has 0 aliphatic carbocycles. The summed E-state index contributed by atoms with van der Waals surface area (Å²) in [6.07, 6.45) is 1.43. The van der Waals surface area contributed by atoms with Crippen molar-refractivity contribution in [3.63, 3.8) is 0 Å². The molecule has 0 aliphatic rings. The van der Waals surface area contributed by atoms with Crippen molar-refractivity contribution < 1.29 is 9.59 Å². The zero-order valence-electron chi connectivity index (χ0n) is 17.1. The monoisotopic (exact) mass is 381 g/mol. The number of carbonyl (C=O) groups excluding carboxylic acids is 2. The van der Waals surface area contributed by atoms with Gasteiger partial charge in [-0.3, -0.25) is 9.59 Å². The van der Waals surface area contributed by atoms with Crippen LogP contribution >= 0.6 is 0 Å². The number of nitrogens with zero attached hydrogens (tertiary/aromatic N) is 2. The lowest BCUT2D eigenvalue weighted by Crippen LogP contribution is -2.38. The molecule has 0 fully saturated rings. The Kier molecular flexibility index (Phi) is 8.69. The van der Waals surface area contributed by atoms with E-state index in [1.165, 1.54) is 0 Å². The molecule has 150 valence electrons. The van der Waals surface area contributed by atoms with E-state index in [-0.39, 0.29) is 30.7 Å². The van der Waals surface area contributed by atoms with E-state index < -0.39 is 0 Å². The Hall–Kier alpha value is -2.66. The van der Waals surface area contributed by atoms with Crippen molar-refractivity contribution in [2.75, 3.05) is 32.5 Å². The van der Waals surface area contributed by atoms with E-state index >= 15 is 0 Å². The molecule has 1 N–H and O–H groups in total. The summed E-state index contributed by atoms with van der Waals surface area (Å²) in [5.41, 5.74) is 1.85. The average molecular weight is 382 g/mol. The molecule has 1 atom stereocenters. The Bertz CT molecular complexity index is 734. The molecule has 2 rings (SSSR count). The standard InChI is InChI=1S/C23H31N3O2/c1-4-17-25(2)18-21(19-11-7-5-8-12-19)26(3)23(28)16-15-22(27)24-20-13-9-6-10-14-20/h5-14,21H,4,15-18H2,1-3H3,(H,24,27). The average Bonchev–Trinajstić information content (AvgIpc) is 2.71. The van der Waals surface area contributed by atoms with Crippen LogP contribution in [0.1, 0.15) is 37.8 Å². The van der Waals surface area contributed by atoms with Gasteiger partial charge in [-0.05, 0) is 37.7 Å². The number of hydrogen-bond donors (Lipinski definition) is 1. The Balaban J connectivity index is 1.97. The molecule has 2 aromatic carbocycles. The van der Waals surface area contributed by atoms with Gasteiger partial charge in [0.05, 0.1) is 6.04 Å². The number of amides is 2. The fourth-order valence-corrected chi connectivity index (χ4v) is 3.21. The van der Waals surface area contributed by atoms with Crippen LogP contribution < -0.4 is 5.32 Å². The van der Waals surface area contributed by atoms with Gasteiger partial charge < -0.3 is 15.1 Å². The third kappa shape index (κ3) is 6.82. The molecular formula is C23H31N3O2. The molecule has 0 aromatic heterocycles. The number of para-hydroxylation sites is 1. The highest BCUT2D eigenvalue weighted by Crippen LogP contribution is 2.21. The molecule has 0 saturated heterocycles. The lowest BCUT2D eigenvalue weighted by Gasteiger charge is -2.32. The normalized spacial score (nSPS) is 11.9. The predicted molar refractivity (Wildman–Crippen MR) is 114 cm³/mol. The molecule has 0 spiro atoms. The molecule has 28 heavy (non-hydrogen) atoms. The summed E-state index contributed by atoms with van der Waals surface area (Å²) in [5, 5.41) is 2.83. The van der Waals surface area contributed by atoms with Gasteiger partial charge in [-0.15, -0.1) is 0 Å². The van der Waals surface area contributed by atoms with Gasteiger partial charge in [0.1, 0.15) is 0 Å². The third-order valence-electron chi connectivity index (χ3n) is 4.76. The summed E-state index contributed by atoms with van der Waals surface area (Å²) < 4.78 is 0. The van der Waals surface area contributed by atoms with E-state index in [1.54, 1.807) is 4.90 Å². The fourth-order valence-electron chi connectivity index (χ4n) is 3.21. The highest BCUT2D eigenvalue weighted by molar-refractivity contribution is 5.93. The maximum absolute atomic E-state index is 12.8. The topological polar surface area (TPSA) is 52.7 Å². The first kappa shape index (κ1) is 21.6. The smallest absolute Gasteiger partial charge is 0.224 e. The Morgan fingerprint density at radius 2 is 1.54 bits per heavy atom. The van der Waals surface area contributed by atoms with Crippen LogP contribution in [0.4, 0.5) is 5.69 Å². The van der Waals surface area contributed by atoms with Crippen molar-refractivity contribution in [2.45, 2.75) is 32.2 Å². The largest absolute Gasteiger partial charge is 0.337 e. The highest BCUT2D eigenvalue weighted by Gasteiger charge is 2.23. The van der Waals surface area contributed by atoms with Crippen LogP contribution in [-0.4, -0.2) is 48.8 Å². The van der Waals surface area contributed by atoms with Crippen molar-refractivity contribution in [1.82, 2.24) is 9.80 Å². The first-order chi connectivity index (χ1) is 13.5. The molecule has 5 heteroatoms. The number of benzene rings is 2. The quantitative estimate of drug-likeness (QED) is 0.678. The number of likely N-dealkylation sites (N-methyl/N-ethyl adjacent to an activating group) is 2. The lowest BCUT2D eigenvalue weighted by atomic mass is 10.0. The van der Waals surface area contributed by atoms with Crippen LogP contribution in [0.2, 0.25) is 0 Å². The summed E-state index contributed by atoms with van der Waals surface area (Å²) in [4.78, 5) is 28.9. The summed E-state index contributed by atoms with van der Waals surface area (Å²) in [6.45, 7) is 3.88. The minimum atomic E-state index is -0.146. The number of carbonyl (C=O) groups is 2. The summed E-state index contributed by atoms with van der Waals surface area (Å²) >= 11 is 0. The van der Waals surface area contributed by atoms with Crippen molar-refractivity contribution in [3.8, 4) is 0 Å². The number of rotatable bonds is 10. The molecule has 1 unspecified atom stereocenters. The van der Waals surface area contributed by atoms with E-state index in [0.29, 0.717) is 0 Å². The van der Waals surface area contributed by atoms with Crippen LogP contribution in [0.5, 0.6) is 0 Å². The van der Waals surface area contributed by atoms with Gasteiger partial charge in [-0.1, -0.05) is 55.5 Å². The number of anilines is 1. The second-order valence-corrected chi connectivity index (χ2v) is 7.11. The van der Waals surface area contributed by atoms with E-state index in [9.17, 15) is 9.59 Å². The van der Waals surface area contributed by atoms with Crippen LogP contribution in [0.25, 0.3) is 0 Å². The number of hydrogen-bond acceptors (Lipinski definition) is 3. The Morgan fingerprint density at radius 1 is 0.929 bits per heavy atom. The summed E-state index contributed by atoms with van der Waals surface area (Å²) in [6, 6.07) is 19.3. The maximum Gasteiger partial charge on any atom is 0.224 e. The van der Waals surface area contributed by atoms with E-state index in [4.69, 9.17) is 0 Å². The molecule has 0 radical (unpaired) electrons.